The van der Waals surface area contributed by atoms with Crippen molar-refractivity contribution >= 4 is 6.01 Å². The molecule has 0 saturated carbocycles. The molecule has 2 atom stereocenters. The zero-order valence-corrected chi connectivity index (χ0v) is 11.8. The molecule has 0 radical (unpaired) electrons. The number of hydrogen-bond acceptors (Lipinski definition) is 6. The molecule has 106 valence electrons. The first-order valence-electron chi connectivity index (χ1n) is 6.97. The van der Waals surface area contributed by atoms with Gasteiger partial charge in [-0.3, -0.25) is 0 Å². The molecule has 3 heterocycles. The summed E-state index contributed by atoms with van der Waals surface area (Å²) < 4.78 is 11.5. The first-order chi connectivity index (χ1) is 8.99. The highest BCUT2D eigenvalue weighted by Gasteiger charge is 2.35. The topological polar surface area (TPSA) is 63.4 Å². The Hall–Kier alpha value is -1.14. The smallest absolute Gasteiger partial charge is 0.318 e. The number of nitrogens with one attached hydrogen (secondary N) is 1. The van der Waals surface area contributed by atoms with Crippen molar-refractivity contribution in [3.05, 3.63) is 5.89 Å². The average molecular weight is 266 g/mol. The van der Waals surface area contributed by atoms with E-state index in [2.05, 4.69) is 41.2 Å². The molecule has 0 amide bonds. The van der Waals surface area contributed by atoms with Crippen LogP contribution in [0.4, 0.5) is 6.01 Å². The van der Waals surface area contributed by atoms with Gasteiger partial charge in [0.2, 0.25) is 5.89 Å². The third kappa shape index (κ3) is 3.06. The Labute approximate surface area is 113 Å². The van der Waals surface area contributed by atoms with E-state index >= 15 is 0 Å². The van der Waals surface area contributed by atoms with E-state index < -0.39 is 0 Å². The van der Waals surface area contributed by atoms with Crippen LogP contribution in [0.15, 0.2) is 4.42 Å². The second-order valence-corrected chi connectivity index (χ2v) is 6.44. The number of anilines is 1. The summed E-state index contributed by atoms with van der Waals surface area (Å²) >= 11 is 0. The van der Waals surface area contributed by atoms with Crippen molar-refractivity contribution in [1.29, 1.82) is 0 Å². The van der Waals surface area contributed by atoms with Crippen molar-refractivity contribution in [1.82, 2.24) is 15.5 Å². The van der Waals surface area contributed by atoms with Crippen LogP contribution in [0.5, 0.6) is 0 Å². The van der Waals surface area contributed by atoms with E-state index in [0.717, 1.165) is 25.9 Å². The lowest BCUT2D eigenvalue weighted by Gasteiger charge is -2.30. The molecule has 19 heavy (non-hydrogen) atoms. The highest BCUT2D eigenvalue weighted by atomic mass is 16.5. The number of fused-ring (bicyclic) bond motifs is 2. The maximum atomic E-state index is 5.80. The van der Waals surface area contributed by atoms with E-state index in [1.165, 1.54) is 0 Å². The molecule has 2 saturated heterocycles. The quantitative estimate of drug-likeness (QED) is 0.890. The Bertz CT molecular complexity index is 428. The van der Waals surface area contributed by atoms with E-state index in [-0.39, 0.29) is 5.54 Å². The average Bonchev–Trinajstić information content (AvgIpc) is 2.93. The summed E-state index contributed by atoms with van der Waals surface area (Å²) in [5.41, 5.74) is 0.0483. The zero-order valence-electron chi connectivity index (χ0n) is 11.8. The molecule has 0 spiro atoms. The van der Waals surface area contributed by atoms with Crippen LogP contribution in [0.1, 0.15) is 39.5 Å². The van der Waals surface area contributed by atoms with Crippen LogP contribution < -0.4 is 10.2 Å². The molecule has 2 fully saturated rings. The molecule has 2 unspecified atom stereocenters. The van der Waals surface area contributed by atoms with Crippen molar-refractivity contribution in [2.45, 2.75) is 57.9 Å². The van der Waals surface area contributed by atoms with Crippen molar-refractivity contribution in [3.8, 4) is 0 Å². The largest absolute Gasteiger partial charge is 0.407 e. The molecular formula is C13H22N4O2. The maximum absolute atomic E-state index is 5.80. The summed E-state index contributed by atoms with van der Waals surface area (Å²) in [6.07, 6.45) is 2.96. The van der Waals surface area contributed by atoms with E-state index in [9.17, 15) is 0 Å². The fourth-order valence-electron chi connectivity index (χ4n) is 2.56. The SMILES string of the molecule is CC(C)(C)NCc1nnc(N2CC3CCC(C2)O3)o1. The van der Waals surface area contributed by atoms with Gasteiger partial charge < -0.3 is 19.4 Å². The molecule has 1 aromatic rings. The van der Waals surface area contributed by atoms with Gasteiger partial charge in [-0.05, 0) is 33.6 Å². The number of rotatable bonds is 3. The van der Waals surface area contributed by atoms with Gasteiger partial charge in [-0.15, -0.1) is 5.10 Å². The van der Waals surface area contributed by atoms with Crippen LogP contribution in [0, 0.1) is 0 Å². The van der Waals surface area contributed by atoms with E-state index in [1.54, 1.807) is 0 Å². The van der Waals surface area contributed by atoms with Gasteiger partial charge in [-0.2, -0.15) is 0 Å². The maximum Gasteiger partial charge on any atom is 0.318 e. The Morgan fingerprint density at radius 1 is 1.21 bits per heavy atom. The standard InChI is InChI=1S/C13H22N4O2/c1-13(2,3)14-6-11-15-16-12(19-11)17-7-9-4-5-10(8-17)18-9/h9-10,14H,4-8H2,1-3H3. The summed E-state index contributed by atoms with van der Waals surface area (Å²) in [4.78, 5) is 2.15. The normalized spacial score (nSPS) is 27.0. The number of aromatic nitrogens is 2. The first-order valence-corrected chi connectivity index (χ1v) is 6.97. The predicted octanol–water partition coefficient (Wildman–Crippen LogP) is 1.33. The monoisotopic (exact) mass is 266 g/mol. The molecule has 2 bridgehead atoms. The van der Waals surface area contributed by atoms with Crippen LogP contribution in [0.3, 0.4) is 0 Å². The number of morpholine rings is 1. The zero-order chi connectivity index (χ0) is 13.5. The predicted molar refractivity (Wildman–Crippen MR) is 71.0 cm³/mol. The summed E-state index contributed by atoms with van der Waals surface area (Å²) in [5.74, 6) is 0.642. The molecule has 0 aliphatic carbocycles. The van der Waals surface area contributed by atoms with Gasteiger partial charge in [0.25, 0.3) is 0 Å². The molecular weight excluding hydrogens is 244 g/mol. The highest BCUT2D eigenvalue weighted by molar-refractivity contribution is 5.26. The summed E-state index contributed by atoms with van der Waals surface area (Å²) in [6, 6.07) is 0.630. The number of hydrogen-bond donors (Lipinski definition) is 1. The Balaban J connectivity index is 1.61. The van der Waals surface area contributed by atoms with Crippen molar-refractivity contribution in [3.63, 3.8) is 0 Å². The summed E-state index contributed by atoms with van der Waals surface area (Å²) in [5, 5.41) is 11.6. The molecule has 0 aromatic carbocycles. The second kappa shape index (κ2) is 4.76. The minimum absolute atomic E-state index is 0.0483. The van der Waals surface area contributed by atoms with Crippen LogP contribution in [-0.4, -0.2) is 41.0 Å². The Kier molecular flexibility index (Phi) is 3.22. The van der Waals surface area contributed by atoms with Crippen molar-refractivity contribution < 1.29 is 9.15 Å². The van der Waals surface area contributed by atoms with Crippen molar-refractivity contribution in [2.75, 3.05) is 18.0 Å². The first kappa shape index (κ1) is 12.9. The van der Waals surface area contributed by atoms with Gasteiger partial charge in [0, 0.05) is 18.6 Å². The van der Waals surface area contributed by atoms with Gasteiger partial charge in [0.1, 0.15) is 0 Å². The van der Waals surface area contributed by atoms with Crippen LogP contribution in [-0.2, 0) is 11.3 Å². The lowest BCUT2D eigenvalue weighted by atomic mass is 10.1. The second-order valence-electron chi connectivity index (χ2n) is 6.44. The number of nitrogens with zero attached hydrogens (tertiary/aromatic N) is 3. The van der Waals surface area contributed by atoms with Gasteiger partial charge in [-0.1, -0.05) is 5.10 Å². The van der Waals surface area contributed by atoms with Gasteiger partial charge in [-0.25, -0.2) is 0 Å². The van der Waals surface area contributed by atoms with Gasteiger partial charge >= 0.3 is 6.01 Å². The van der Waals surface area contributed by atoms with E-state index in [1.807, 2.05) is 0 Å². The molecule has 2 aliphatic rings. The Morgan fingerprint density at radius 2 is 1.89 bits per heavy atom. The van der Waals surface area contributed by atoms with Gasteiger partial charge in [0.15, 0.2) is 0 Å². The lowest BCUT2D eigenvalue weighted by molar-refractivity contribution is 0.0287. The van der Waals surface area contributed by atoms with E-state index in [4.69, 9.17) is 9.15 Å². The molecule has 6 nitrogen and oxygen atoms in total. The summed E-state index contributed by atoms with van der Waals surface area (Å²) in [6.45, 7) is 8.68. The van der Waals surface area contributed by atoms with Crippen molar-refractivity contribution in [2.24, 2.45) is 0 Å². The third-order valence-electron chi connectivity index (χ3n) is 3.54. The highest BCUT2D eigenvalue weighted by Crippen LogP contribution is 2.28. The minimum Gasteiger partial charge on any atom is -0.407 e. The summed E-state index contributed by atoms with van der Waals surface area (Å²) in [7, 11) is 0. The molecule has 6 heteroatoms. The van der Waals surface area contributed by atoms with E-state index in [0.29, 0.717) is 30.7 Å². The Morgan fingerprint density at radius 3 is 2.53 bits per heavy atom. The van der Waals surface area contributed by atoms with Crippen LogP contribution in [0.25, 0.3) is 0 Å². The number of ether oxygens (including phenoxy) is 1. The molecule has 1 aromatic heterocycles. The minimum atomic E-state index is 0.0483. The fourth-order valence-corrected chi connectivity index (χ4v) is 2.56. The van der Waals surface area contributed by atoms with Crippen LogP contribution in [0.2, 0.25) is 0 Å². The fraction of sp³-hybridized carbons (Fsp3) is 0.846. The third-order valence-corrected chi connectivity index (χ3v) is 3.54. The lowest BCUT2D eigenvalue weighted by Crippen LogP contribution is -2.42. The van der Waals surface area contributed by atoms with Crippen LogP contribution >= 0.6 is 0 Å². The molecule has 2 aliphatic heterocycles. The molecule has 1 N–H and O–H groups in total. The van der Waals surface area contributed by atoms with Gasteiger partial charge in [0.05, 0.1) is 18.8 Å². The molecule has 3 rings (SSSR count).